The Labute approximate surface area is 149 Å². The van der Waals surface area contributed by atoms with Gasteiger partial charge in [-0.25, -0.2) is 0 Å². The van der Waals surface area contributed by atoms with Crippen LogP contribution in [0.15, 0.2) is 48.5 Å². The first kappa shape index (κ1) is 17.3. The summed E-state index contributed by atoms with van der Waals surface area (Å²) in [6.45, 7) is 0. The van der Waals surface area contributed by atoms with Crippen LogP contribution in [0.25, 0.3) is 0 Å². The molecule has 3 rings (SSSR count). The lowest BCUT2D eigenvalue weighted by atomic mass is 9.98. The van der Waals surface area contributed by atoms with Crippen LogP contribution in [0.3, 0.4) is 0 Å². The third-order valence-corrected chi connectivity index (χ3v) is 4.16. The molecular formula is C20H18O6. The van der Waals surface area contributed by atoms with Crippen molar-refractivity contribution in [2.45, 2.75) is 12.8 Å². The van der Waals surface area contributed by atoms with Gasteiger partial charge in [-0.3, -0.25) is 0 Å². The second-order valence-corrected chi connectivity index (χ2v) is 6.10. The maximum atomic E-state index is 9.87. The molecule has 0 unspecified atom stereocenters. The van der Waals surface area contributed by atoms with Crippen LogP contribution < -0.4 is 0 Å². The Bertz CT molecular complexity index is 823. The lowest BCUT2D eigenvalue weighted by Gasteiger charge is -2.10. The van der Waals surface area contributed by atoms with Crippen molar-refractivity contribution in [1.82, 2.24) is 0 Å². The first-order valence-corrected chi connectivity index (χ1v) is 7.89. The molecule has 3 aromatic rings. The normalized spacial score (nSPS) is 10.8. The Hall–Kier alpha value is -3.54. The van der Waals surface area contributed by atoms with Gasteiger partial charge in [0.25, 0.3) is 0 Å². The van der Waals surface area contributed by atoms with E-state index in [1.807, 2.05) is 0 Å². The molecule has 0 aliphatic heterocycles. The Morgan fingerprint density at radius 3 is 1.00 bits per heavy atom. The van der Waals surface area contributed by atoms with E-state index in [0.717, 1.165) is 11.1 Å². The highest BCUT2D eigenvalue weighted by molar-refractivity contribution is 5.52. The van der Waals surface area contributed by atoms with E-state index < -0.39 is 0 Å². The Morgan fingerprint density at radius 1 is 0.462 bits per heavy atom. The van der Waals surface area contributed by atoms with Crippen molar-refractivity contribution in [2.24, 2.45) is 0 Å². The maximum Gasteiger partial charge on any atom is 0.126 e. The van der Waals surface area contributed by atoms with Gasteiger partial charge in [-0.2, -0.15) is 0 Å². The fourth-order valence-electron chi connectivity index (χ4n) is 2.80. The minimum Gasteiger partial charge on any atom is -0.508 e. The van der Waals surface area contributed by atoms with Gasteiger partial charge in [0, 0.05) is 48.2 Å². The van der Waals surface area contributed by atoms with E-state index in [1.165, 1.54) is 24.3 Å². The molecule has 3 aromatic carbocycles. The van der Waals surface area contributed by atoms with Gasteiger partial charge in [0.2, 0.25) is 0 Å². The number of phenolic OH excluding ortho intramolecular Hbond substituents is 6. The van der Waals surface area contributed by atoms with Crippen molar-refractivity contribution < 1.29 is 30.6 Å². The van der Waals surface area contributed by atoms with E-state index in [2.05, 4.69) is 0 Å². The number of phenols is 6. The second-order valence-electron chi connectivity index (χ2n) is 6.10. The maximum absolute atomic E-state index is 9.87. The van der Waals surface area contributed by atoms with E-state index in [4.69, 9.17) is 0 Å². The zero-order valence-electron chi connectivity index (χ0n) is 13.7. The molecule has 6 nitrogen and oxygen atoms in total. The smallest absolute Gasteiger partial charge is 0.126 e. The Kier molecular flexibility index (Phi) is 4.49. The molecule has 0 heterocycles. The molecule has 0 radical (unpaired) electrons. The number of rotatable bonds is 4. The number of hydrogen-bond acceptors (Lipinski definition) is 6. The topological polar surface area (TPSA) is 121 Å². The summed E-state index contributed by atoms with van der Waals surface area (Å²) in [7, 11) is 0. The lowest BCUT2D eigenvalue weighted by molar-refractivity contribution is 0.419. The summed E-state index contributed by atoms with van der Waals surface area (Å²) < 4.78 is 0. The highest BCUT2D eigenvalue weighted by atomic mass is 16.3. The molecule has 0 aromatic heterocycles. The van der Waals surface area contributed by atoms with E-state index in [0.29, 0.717) is 11.1 Å². The van der Waals surface area contributed by atoms with E-state index in [1.54, 1.807) is 24.3 Å². The monoisotopic (exact) mass is 354 g/mol. The molecule has 0 aliphatic rings. The van der Waals surface area contributed by atoms with Crippen LogP contribution in [0.5, 0.6) is 34.5 Å². The minimum atomic E-state index is -0.215. The van der Waals surface area contributed by atoms with Crippen LogP contribution in [0.1, 0.15) is 22.3 Å². The van der Waals surface area contributed by atoms with Gasteiger partial charge in [-0.1, -0.05) is 24.3 Å². The van der Waals surface area contributed by atoms with E-state index >= 15 is 0 Å². The van der Waals surface area contributed by atoms with Gasteiger partial charge < -0.3 is 30.6 Å². The van der Waals surface area contributed by atoms with Crippen molar-refractivity contribution in [1.29, 1.82) is 0 Å². The summed E-state index contributed by atoms with van der Waals surface area (Å²) in [5, 5.41) is 58.2. The number of aromatic hydroxyl groups is 6. The van der Waals surface area contributed by atoms with Crippen LogP contribution in [-0.4, -0.2) is 30.6 Å². The van der Waals surface area contributed by atoms with E-state index in [-0.39, 0.29) is 47.3 Å². The zero-order valence-corrected chi connectivity index (χ0v) is 13.7. The standard InChI is InChI=1S/C20H18O6/c21-13-7-17(23)15(18(24)8-13)5-11-1-2-12(4-3-11)6-16-19(25)9-14(22)10-20(16)26/h1-4,7-10,21-26H,5-6H2. The van der Waals surface area contributed by atoms with Crippen LogP contribution in [0.4, 0.5) is 0 Å². The fraction of sp³-hybridized carbons (Fsp3) is 0.100. The van der Waals surface area contributed by atoms with Gasteiger partial charge in [0.05, 0.1) is 0 Å². The predicted octanol–water partition coefficient (Wildman–Crippen LogP) is 3.10. The van der Waals surface area contributed by atoms with Gasteiger partial charge in [0.1, 0.15) is 34.5 Å². The highest BCUT2D eigenvalue weighted by Gasteiger charge is 2.12. The van der Waals surface area contributed by atoms with Crippen LogP contribution >= 0.6 is 0 Å². The van der Waals surface area contributed by atoms with Crippen LogP contribution in [0.2, 0.25) is 0 Å². The average molecular weight is 354 g/mol. The quantitative estimate of drug-likeness (QED) is 0.428. The Balaban J connectivity index is 1.80. The molecule has 0 amide bonds. The summed E-state index contributed by atoms with van der Waals surface area (Å²) in [6.07, 6.45) is 0.544. The molecule has 6 N–H and O–H groups in total. The average Bonchev–Trinajstić information content (AvgIpc) is 2.55. The number of benzene rings is 3. The molecule has 26 heavy (non-hydrogen) atoms. The molecule has 0 saturated heterocycles. The first-order chi connectivity index (χ1) is 12.3. The first-order valence-electron chi connectivity index (χ1n) is 7.89. The van der Waals surface area contributed by atoms with Gasteiger partial charge in [0.15, 0.2) is 0 Å². The second kappa shape index (κ2) is 6.76. The molecule has 0 saturated carbocycles. The van der Waals surface area contributed by atoms with Crippen molar-refractivity contribution in [2.75, 3.05) is 0 Å². The van der Waals surface area contributed by atoms with E-state index in [9.17, 15) is 30.6 Å². The van der Waals surface area contributed by atoms with Crippen LogP contribution in [-0.2, 0) is 12.8 Å². The zero-order chi connectivity index (χ0) is 18.8. The Morgan fingerprint density at radius 2 is 0.731 bits per heavy atom. The van der Waals surface area contributed by atoms with Crippen molar-refractivity contribution in [3.8, 4) is 34.5 Å². The third kappa shape index (κ3) is 3.59. The molecule has 0 fully saturated rings. The summed E-state index contributed by atoms with van der Waals surface area (Å²) in [5.41, 5.74) is 2.27. The summed E-state index contributed by atoms with van der Waals surface area (Å²) in [4.78, 5) is 0. The molecule has 0 bridgehead atoms. The minimum absolute atomic E-state index is 0.189. The van der Waals surface area contributed by atoms with Crippen LogP contribution in [0, 0.1) is 0 Å². The molecule has 0 aliphatic carbocycles. The number of hydrogen-bond donors (Lipinski definition) is 6. The van der Waals surface area contributed by atoms with Gasteiger partial charge in [-0.05, 0) is 11.1 Å². The SMILES string of the molecule is Oc1cc(O)c(Cc2ccc(Cc3c(O)cc(O)cc3O)cc2)c(O)c1. The largest absolute Gasteiger partial charge is 0.508 e. The van der Waals surface area contributed by atoms with Gasteiger partial charge in [-0.15, -0.1) is 0 Å². The lowest BCUT2D eigenvalue weighted by Crippen LogP contribution is -1.93. The van der Waals surface area contributed by atoms with Crippen molar-refractivity contribution in [3.05, 3.63) is 70.8 Å². The van der Waals surface area contributed by atoms with Gasteiger partial charge >= 0.3 is 0 Å². The molecule has 0 spiro atoms. The predicted molar refractivity (Wildman–Crippen MR) is 94.9 cm³/mol. The molecule has 6 heteroatoms. The summed E-state index contributed by atoms with van der Waals surface area (Å²) in [5.74, 6) is -1.19. The molecule has 0 atom stereocenters. The third-order valence-electron chi connectivity index (χ3n) is 4.16. The van der Waals surface area contributed by atoms with Crippen molar-refractivity contribution >= 4 is 0 Å². The summed E-state index contributed by atoms with van der Waals surface area (Å²) >= 11 is 0. The summed E-state index contributed by atoms with van der Waals surface area (Å²) in [6, 6.07) is 11.9. The molecule has 134 valence electrons. The van der Waals surface area contributed by atoms with Crippen molar-refractivity contribution in [3.63, 3.8) is 0 Å². The molecular weight excluding hydrogens is 336 g/mol. The fourth-order valence-corrected chi connectivity index (χ4v) is 2.80. The highest BCUT2D eigenvalue weighted by Crippen LogP contribution is 2.35.